The number of carbonyl (C=O) groups excluding carboxylic acids is 2. The molecule has 2 unspecified atom stereocenters. The Hall–Kier alpha value is -1.79. The van der Waals surface area contributed by atoms with Crippen molar-refractivity contribution in [3.05, 3.63) is 33.8 Å². The molecule has 6 nitrogen and oxygen atoms in total. The summed E-state index contributed by atoms with van der Waals surface area (Å²) in [7, 11) is 0. The fraction of sp³-hybridized carbons (Fsp3) is 0.438. The van der Waals surface area contributed by atoms with Crippen LogP contribution in [0.25, 0.3) is 0 Å². The number of halogens is 2. The van der Waals surface area contributed by atoms with Gasteiger partial charge >= 0.3 is 5.97 Å². The molecule has 1 aliphatic rings. The van der Waals surface area contributed by atoms with Crippen LogP contribution in [0.15, 0.2) is 18.2 Å². The van der Waals surface area contributed by atoms with E-state index in [2.05, 4.69) is 5.32 Å². The zero-order chi connectivity index (χ0) is 17.9. The van der Waals surface area contributed by atoms with E-state index in [9.17, 15) is 14.4 Å². The summed E-state index contributed by atoms with van der Waals surface area (Å²) in [5.41, 5.74) is 0.187. The number of likely N-dealkylation sites (tertiary alicyclic amines) is 1. The van der Waals surface area contributed by atoms with Crippen molar-refractivity contribution in [2.45, 2.75) is 38.3 Å². The highest BCUT2D eigenvalue weighted by molar-refractivity contribution is 6.43. The smallest absolute Gasteiger partial charge is 0.305 e. The summed E-state index contributed by atoms with van der Waals surface area (Å²) < 4.78 is 0. The van der Waals surface area contributed by atoms with Crippen LogP contribution in [-0.4, -0.2) is 46.4 Å². The van der Waals surface area contributed by atoms with E-state index in [1.807, 2.05) is 0 Å². The first kappa shape index (κ1) is 18.5. The summed E-state index contributed by atoms with van der Waals surface area (Å²) in [5, 5.41) is 11.9. The van der Waals surface area contributed by atoms with E-state index >= 15 is 0 Å². The molecule has 1 fully saturated rings. The molecule has 2 N–H and O–H groups in total. The van der Waals surface area contributed by atoms with Gasteiger partial charge in [-0.3, -0.25) is 14.4 Å². The molecule has 0 spiro atoms. The maximum atomic E-state index is 12.5. The zero-order valence-corrected chi connectivity index (χ0v) is 14.6. The van der Waals surface area contributed by atoms with E-state index in [0.717, 1.165) is 6.42 Å². The summed E-state index contributed by atoms with van der Waals surface area (Å²) in [6, 6.07) is 3.56. The van der Waals surface area contributed by atoms with Crippen LogP contribution in [0.3, 0.4) is 0 Å². The molecule has 2 amide bonds. The van der Waals surface area contributed by atoms with E-state index in [0.29, 0.717) is 13.0 Å². The third-order valence-electron chi connectivity index (χ3n) is 3.98. The van der Waals surface area contributed by atoms with E-state index < -0.39 is 17.9 Å². The van der Waals surface area contributed by atoms with Crippen molar-refractivity contribution >= 4 is 41.0 Å². The van der Waals surface area contributed by atoms with Gasteiger partial charge in [-0.25, -0.2) is 0 Å². The Kier molecular flexibility index (Phi) is 6.07. The number of nitrogens with one attached hydrogen (secondary N) is 1. The lowest BCUT2D eigenvalue weighted by atomic mass is 10.1. The summed E-state index contributed by atoms with van der Waals surface area (Å²) in [6.45, 7) is 2.06. The fourth-order valence-electron chi connectivity index (χ4n) is 2.80. The number of carboxylic acids is 1. The van der Waals surface area contributed by atoms with Crippen LogP contribution in [0.2, 0.25) is 10.0 Å². The molecule has 1 aromatic carbocycles. The molecule has 0 radical (unpaired) electrons. The van der Waals surface area contributed by atoms with Gasteiger partial charge in [-0.15, -0.1) is 0 Å². The maximum Gasteiger partial charge on any atom is 0.305 e. The van der Waals surface area contributed by atoms with Gasteiger partial charge in [-0.05, 0) is 31.9 Å². The molecule has 0 saturated carbocycles. The minimum Gasteiger partial charge on any atom is -0.481 e. The second-order valence-corrected chi connectivity index (χ2v) is 6.51. The highest BCUT2D eigenvalue weighted by Crippen LogP contribution is 2.26. The molecular formula is C16H18Cl2N2O4. The number of benzene rings is 1. The standard InChI is InChI=1S/C16H18Cl2N2O4/c1-9(16(24)20-7-3-4-10(20)8-13(21)22)19-15(23)11-5-2-6-12(17)14(11)18/h2,5-6,9-10H,3-4,7-8H2,1H3,(H,19,23)(H,21,22). The predicted octanol–water partition coefficient (Wildman–Crippen LogP) is 2.58. The Balaban J connectivity index is 2.04. The number of rotatable bonds is 5. The fourth-order valence-corrected chi connectivity index (χ4v) is 3.19. The highest BCUT2D eigenvalue weighted by atomic mass is 35.5. The van der Waals surface area contributed by atoms with Crippen LogP contribution in [-0.2, 0) is 9.59 Å². The van der Waals surface area contributed by atoms with Gasteiger partial charge in [0, 0.05) is 12.6 Å². The van der Waals surface area contributed by atoms with Crippen LogP contribution in [0.1, 0.15) is 36.5 Å². The molecule has 2 atom stereocenters. The Morgan fingerprint density at radius 3 is 2.75 bits per heavy atom. The normalized spacial score (nSPS) is 18.3. The largest absolute Gasteiger partial charge is 0.481 e. The molecule has 130 valence electrons. The molecule has 8 heteroatoms. The monoisotopic (exact) mass is 372 g/mol. The van der Waals surface area contributed by atoms with Gasteiger partial charge in [0.05, 0.1) is 22.0 Å². The predicted molar refractivity (Wildman–Crippen MR) is 90.4 cm³/mol. The number of hydrogen-bond donors (Lipinski definition) is 2. The Bertz CT molecular complexity index is 665. The van der Waals surface area contributed by atoms with Crippen molar-refractivity contribution in [3.8, 4) is 0 Å². The second kappa shape index (κ2) is 7.85. The molecule has 1 aliphatic heterocycles. The van der Waals surface area contributed by atoms with Crippen LogP contribution in [0, 0.1) is 0 Å². The van der Waals surface area contributed by atoms with E-state index in [1.54, 1.807) is 19.1 Å². The number of carbonyl (C=O) groups is 3. The van der Waals surface area contributed by atoms with Gasteiger partial charge in [-0.1, -0.05) is 29.3 Å². The molecular weight excluding hydrogens is 355 g/mol. The van der Waals surface area contributed by atoms with Gasteiger partial charge in [0.2, 0.25) is 5.91 Å². The van der Waals surface area contributed by atoms with Crippen LogP contribution in [0.5, 0.6) is 0 Å². The lowest BCUT2D eigenvalue weighted by Gasteiger charge is -2.27. The second-order valence-electron chi connectivity index (χ2n) is 5.72. The first-order chi connectivity index (χ1) is 11.3. The van der Waals surface area contributed by atoms with Gasteiger partial charge in [-0.2, -0.15) is 0 Å². The Morgan fingerprint density at radius 1 is 1.38 bits per heavy atom. The molecule has 0 aromatic heterocycles. The van der Waals surface area contributed by atoms with Crippen molar-refractivity contribution in [1.82, 2.24) is 10.2 Å². The minimum atomic E-state index is -0.943. The molecule has 24 heavy (non-hydrogen) atoms. The molecule has 1 saturated heterocycles. The van der Waals surface area contributed by atoms with Gasteiger partial charge in [0.1, 0.15) is 6.04 Å². The van der Waals surface area contributed by atoms with E-state index in [-0.39, 0.29) is 34.0 Å². The summed E-state index contributed by atoms with van der Waals surface area (Å²) in [5.74, 6) is -1.75. The van der Waals surface area contributed by atoms with Crippen molar-refractivity contribution in [3.63, 3.8) is 0 Å². The Labute approximate surface area is 149 Å². The van der Waals surface area contributed by atoms with Gasteiger partial charge in [0.25, 0.3) is 5.91 Å². The van der Waals surface area contributed by atoms with Crippen LogP contribution < -0.4 is 5.32 Å². The van der Waals surface area contributed by atoms with Crippen molar-refractivity contribution in [2.75, 3.05) is 6.54 Å². The van der Waals surface area contributed by atoms with Gasteiger partial charge < -0.3 is 15.3 Å². The average molecular weight is 373 g/mol. The quantitative estimate of drug-likeness (QED) is 0.831. The van der Waals surface area contributed by atoms with Gasteiger partial charge in [0.15, 0.2) is 0 Å². The molecule has 1 aromatic rings. The topological polar surface area (TPSA) is 86.7 Å². The van der Waals surface area contributed by atoms with Crippen molar-refractivity contribution in [1.29, 1.82) is 0 Å². The Morgan fingerprint density at radius 2 is 2.08 bits per heavy atom. The first-order valence-electron chi connectivity index (χ1n) is 7.58. The van der Waals surface area contributed by atoms with E-state index in [1.165, 1.54) is 11.0 Å². The number of carboxylic acid groups (broad SMARTS) is 1. The summed E-state index contributed by atoms with van der Waals surface area (Å²) >= 11 is 11.9. The number of hydrogen-bond acceptors (Lipinski definition) is 3. The molecule has 0 aliphatic carbocycles. The molecule has 1 heterocycles. The first-order valence-corrected chi connectivity index (χ1v) is 8.34. The third kappa shape index (κ3) is 4.19. The minimum absolute atomic E-state index is 0.0907. The zero-order valence-electron chi connectivity index (χ0n) is 13.1. The lowest BCUT2D eigenvalue weighted by molar-refractivity contribution is -0.140. The van der Waals surface area contributed by atoms with Crippen molar-refractivity contribution < 1.29 is 19.5 Å². The molecule has 0 bridgehead atoms. The van der Waals surface area contributed by atoms with E-state index in [4.69, 9.17) is 28.3 Å². The van der Waals surface area contributed by atoms with Crippen LogP contribution >= 0.6 is 23.2 Å². The lowest BCUT2D eigenvalue weighted by Crippen LogP contribution is -2.49. The average Bonchev–Trinajstić information content (AvgIpc) is 2.96. The maximum absolute atomic E-state index is 12.5. The highest BCUT2D eigenvalue weighted by Gasteiger charge is 2.33. The molecule has 2 rings (SSSR count). The number of nitrogens with zero attached hydrogens (tertiary/aromatic N) is 1. The van der Waals surface area contributed by atoms with Crippen LogP contribution in [0.4, 0.5) is 0 Å². The van der Waals surface area contributed by atoms with Crippen molar-refractivity contribution in [2.24, 2.45) is 0 Å². The number of amides is 2. The number of aliphatic carboxylic acids is 1. The summed E-state index contributed by atoms with van der Waals surface area (Å²) in [4.78, 5) is 37.2. The third-order valence-corrected chi connectivity index (χ3v) is 4.80. The SMILES string of the molecule is CC(NC(=O)c1cccc(Cl)c1Cl)C(=O)N1CCCC1CC(=O)O. The summed E-state index contributed by atoms with van der Waals surface area (Å²) in [6.07, 6.45) is 1.32.